The minimum absolute atomic E-state index is 0.930. The molecule has 1 fully saturated rings. The molecule has 1 atom stereocenters. The van der Waals surface area contributed by atoms with Gasteiger partial charge >= 0.3 is 0 Å². The highest BCUT2D eigenvalue weighted by molar-refractivity contribution is 9.10. The first-order chi connectivity index (χ1) is 6.68. The Morgan fingerprint density at radius 3 is 2.71 bits per heavy atom. The normalized spacial score (nSPS) is 19.1. The molecule has 1 aliphatic heterocycles. The highest BCUT2D eigenvalue weighted by atomic mass is 79.9. The third kappa shape index (κ3) is 1.98. The highest BCUT2D eigenvalue weighted by Gasteiger charge is 2.29. The molecule has 2 rings (SSSR count). The Bertz CT molecular complexity index is 341. The third-order valence-corrected chi connectivity index (χ3v) is 4.53. The van der Waals surface area contributed by atoms with Crippen molar-refractivity contribution in [2.45, 2.75) is 18.2 Å². The fourth-order valence-corrected chi connectivity index (χ4v) is 3.31. The maximum absolute atomic E-state index is 12.0. The number of halogens is 1. The molecule has 4 heteroatoms. The second-order valence-corrected chi connectivity index (χ2v) is 5.81. The van der Waals surface area contributed by atoms with Crippen molar-refractivity contribution in [3.8, 4) is 0 Å². The van der Waals surface area contributed by atoms with Crippen LogP contribution in [0.15, 0.2) is 27.6 Å². The SMILES string of the molecule is Cc1ccc(Br)cc1[S+]([O-])N1CCC1. The van der Waals surface area contributed by atoms with E-state index in [1.807, 2.05) is 29.4 Å². The van der Waals surface area contributed by atoms with E-state index in [4.69, 9.17) is 0 Å². The summed E-state index contributed by atoms with van der Waals surface area (Å²) in [7, 11) is 0. The zero-order valence-electron chi connectivity index (χ0n) is 8.00. The summed E-state index contributed by atoms with van der Waals surface area (Å²) in [6.07, 6.45) is 1.17. The van der Waals surface area contributed by atoms with Crippen LogP contribution in [0.2, 0.25) is 0 Å². The van der Waals surface area contributed by atoms with E-state index in [2.05, 4.69) is 15.9 Å². The molecule has 0 saturated carbocycles. The lowest BCUT2D eigenvalue weighted by atomic mass is 10.2. The van der Waals surface area contributed by atoms with E-state index in [0.717, 1.165) is 28.0 Å². The molecule has 1 unspecified atom stereocenters. The summed E-state index contributed by atoms with van der Waals surface area (Å²) in [6, 6.07) is 5.92. The van der Waals surface area contributed by atoms with E-state index in [1.165, 1.54) is 6.42 Å². The van der Waals surface area contributed by atoms with Gasteiger partial charge in [-0.2, -0.15) is 0 Å². The van der Waals surface area contributed by atoms with Crippen LogP contribution in [0.4, 0.5) is 0 Å². The van der Waals surface area contributed by atoms with E-state index in [9.17, 15) is 4.55 Å². The molecule has 2 nitrogen and oxygen atoms in total. The lowest BCUT2D eigenvalue weighted by Crippen LogP contribution is -2.42. The van der Waals surface area contributed by atoms with Crippen molar-refractivity contribution < 1.29 is 4.55 Å². The van der Waals surface area contributed by atoms with Gasteiger partial charge in [-0.05, 0) is 19.4 Å². The number of benzene rings is 1. The van der Waals surface area contributed by atoms with Crippen LogP contribution in [0.1, 0.15) is 12.0 Å². The molecule has 0 aliphatic carbocycles. The number of aryl methyl sites for hydroxylation is 1. The van der Waals surface area contributed by atoms with Crippen LogP contribution in [0.25, 0.3) is 0 Å². The van der Waals surface area contributed by atoms with Crippen molar-refractivity contribution in [1.82, 2.24) is 4.31 Å². The van der Waals surface area contributed by atoms with Gasteiger partial charge in [0.25, 0.3) is 0 Å². The summed E-state index contributed by atoms with van der Waals surface area (Å²) in [5, 5.41) is 0. The average molecular weight is 274 g/mol. The Hall–Kier alpha value is -0.0300. The molecular weight excluding hydrogens is 262 g/mol. The number of rotatable bonds is 2. The lowest BCUT2D eigenvalue weighted by molar-refractivity contribution is 0.309. The Labute approximate surface area is 95.7 Å². The minimum Gasteiger partial charge on any atom is -0.593 e. The second kappa shape index (κ2) is 4.23. The summed E-state index contributed by atoms with van der Waals surface area (Å²) in [5.41, 5.74) is 1.10. The quantitative estimate of drug-likeness (QED) is 0.774. The molecule has 0 amide bonds. The average Bonchev–Trinajstić information content (AvgIpc) is 2.06. The molecule has 0 spiro atoms. The Kier molecular flexibility index (Phi) is 3.17. The number of hydrogen-bond donors (Lipinski definition) is 0. The molecule has 14 heavy (non-hydrogen) atoms. The molecule has 0 N–H and O–H groups in total. The molecule has 0 aromatic heterocycles. The molecule has 1 aromatic carbocycles. The molecule has 0 radical (unpaired) electrons. The number of nitrogens with zero attached hydrogens (tertiary/aromatic N) is 1. The standard InChI is InChI=1S/C10H12BrNOS/c1-8-3-4-9(11)7-10(8)14(13)12-5-2-6-12/h3-4,7H,2,5-6H2,1H3. The molecular formula is C10H12BrNOS. The smallest absolute Gasteiger partial charge is 0.178 e. The van der Waals surface area contributed by atoms with Gasteiger partial charge in [-0.3, -0.25) is 0 Å². The zero-order chi connectivity index (χ0) is 10.1. The van der Waals surface area contributed by atoms with E-state index in [-0.39, 0.29) is 0 Å². The van der Waals surface area contributed by atoms with Gasteiger partial charge in [-0.15, -0.1) is 4.31 Å². The summed E-state index contributed by atoms with van der Waals surface area (Å²) in [6.45, 7) is 3.91. The molecule has 1 aliphatic rings. The molecule has 1 heterocycles. The van der Waals surface area contributed by atoms with Gasteiger partial charge in [0.2, 0.25) is 0 Å². The van der Waals surface area contributed by atoms with Crippen LogP contribution >= 0.6 is 15.9 Å². The fraction of sp³-hybridized carbons (Fsp3) is 0.400. The first kappa shape index (κ1) is 10.5. The molecule has 1 saturated heterocycles. The van der Waals surface area contributed by atoms with E-state index in [1.54, 1.807) is 0 Å². The van der Waals surface area contributed by atoms with E-state index >= 15 is 0 Å². The minimum atomic E-state index is -0.960. The molecule has 1 aromatic rings. The maximum atomic E-state index is 12.0. The monoisotopic (exact) mass is 273 g/mol. The Morgan fingerprint density at radius 2 is 2.14 bits per heavy atom. The van der Waals surface area contributed by atoms with Crippen LogP contribution in [-0.2, 0) is 11.4 Å². The van der Waals surface area contributed by atoms with Crippen molar-refractivity contribution in [3.05, 3.63) is 28.2 Å². The number of hydrogen-bond acceptors (Lipinski definition) is 2. The fourth-order valence-electron chi connectivity index (χ4n) is 1.35. The van der Waals surface area contributed by atoms with Gasteiger partial charge in [0.1, 0.15) is 0 Å². The molecule has 0 bridgehead atoms. The predicted octanol–water partition coefficient (Wildman–Crippen LogP) is 2.49. The first-order valence-electron chi connectivity index (χ1n) is 4.61. The van der Waals surface area contributed by atoms with Gasteiger partial charge in [0.15, 0.2) is 4.90 Å². The zero-order valence-corrected chi connectivity index (χ0v) is 10.4. The van der Waals surface area contributed by atoms with Crippen molar-refractivity contribution >= 4 is 27.3 Å². The Morgan fingerprint density at radius 1 is 1.43 bits per heavy atom. The third-order valence-electron chi connectivity index (χ3n) is 2.39. The van der Waals surface area contributed by atoms with Crippen molar-refractivity contribution in [3.63, 3.8) is 0 Å². The predicted molar refractivity (Wildman–Crippen MR) is 61.5 cm³/mol. The van der Waals surface area contributed by atoms with Crippen LogP contribution in [0.3, 0.4) is 0 Å². The van der Waals surface area contributed by atoms with Crippen molar-refractivity contribution in [2.24, 2.45) is 0 Å². The highest BCUT2D eigenvalue weighted by Crippen LogP contribution is 2.26. The first-order valence-corrected chi connectivity index (χ1v) is 6.51. The maximum Gasteiger partial charge on any atom is 0.178 e. The van der Waals surface area contributed by atoms with Gasteiger partial charge in [-0.1, -0.05) is 22.0 Å². The summed E-state index contributed by atoms with van der Waals surface area (Å²) in [5.74, 6) is 0. The van der Waals surface area contributed by atoms with Crippen LogP contribution in [-0.4, -0.2) is 21.9 Å². The van der Waals surface area contributed by atoms with E-state index < -0.39 is 11.4 Å². The second-order valence-electron chi connectivity index (χ2n) is 3.44. The Balaban J connectivity index is 2.24. The van der Waals surface area contributed by atoms with Crippen LogP contribution < -0.4 is 0 Å². The largest absolute Gasteiger partial charge is 0.593 e. The van der Waals surface area contributed by atoms with Gasteiger partial charge in [0.05, 0.1) is 11.4 Å². The van der Waals surface area contributed by atoms with E-state index in [0.29, 0.717) is 0 Å². The summed E-state index contributed by atoms with van der Waals surface area (Å²) < 4.78 is 15.0. The molecule has 76 valence electrons. The van der Waals surface area contributed by atoms with Gasteiger partial charge < -0.3 is 4.55 Å². The van der Waals surface area contributed by atoms with Gasteiger partial charge in [0, 0.05) is 29.2 Å². The van der Waals surface area contributed by atoms with Crippen molar-refractivity contribution in [2.75, 3.05) is 13.1 Å². The summed E-state index contributed by atoms with van der Waals surface area (Å²) in [4.78, 5) is 0.930. The van der Waals surface area contributed by atoms with Gasteiger partial charge in [-0.25, -0.2) is 0 Å². The van der Waals surface area contributed by atoms with Crippen molar-refractivity contribution in [1.29, 1.82) is 0 Å². The topological polar surface area (TPSA) is 26.3 Å². The lowest BCUT2D eigenvalue weighted by Gasteiger charge is -2.31. The van der Waals surface area contributed by atoms with Crippen LogP contribution in [0, 0.1) is 6.92 Å². The summed E-state index contributed by atoms with van der Waals surface area (Å²) >= 11 is 2.44. The van der Waals surface area contributed by atoms with Crippen LogP contribution in [0.5, 0.6) is 0 Å².